The predicted molar refractivity (Wildman–Crippen MR) is 131 cm³/mol. The second kappa shape index (κ2) is 10.7. The van der Waals surface area contributed by atoms with E-state index in [1.807, 2.05) is 36.4 Å². The molecule has 3 aromatic carbocycles. The summed E-state index contributed by atoms with van der Waals surface area (Å²) in [4.78, 5) is 2.17. The summed E-state index contributed by atoms with van der Waals surface area (Å²) < 4.78 is 16.1. The maximum absolute atomic E-state index is 5.38. The fourth-order valence-corrected chi connectivity index (χ4v) is 3.61. The first-order valence-corrected chi connectivity index (χ1v) is 10.3. The van der Waals surface area contributed by atoms with Crippen molar-refractivity contribution < 1.29 is 14.2 Å². The second-order valence-electron chi connectivity index (χ2n) is 7.63. The Hall–Kier alpha value is -3.18. The fourth-order valence-electron chi connectivity index (χ4n) is 3.61. The van der Waals surface area contributed by atoms with Crippen LogP contribution in [0.2, 0.25) is 0 Å². The summed E-state index contributed by atoms with van der Waals surface area (Å²) in [5.74, 6) is 2.54. The first-order chi connectivity index (χ1) is 15.0. The molecule has 0 saturated heterocycles. The van der Waals surface area contributed by atoms with Crippen molar-refractivity contribution >= 4 is 23.1 Å². The molecule has 0 fully saturated rings. The molecule has 4 nitrogen and oxygen atoms in total. The molecule has 3 rings (SSSR count). The Bertz CT molecular complexity index is 933. The van der Waals surface area contributed by atoms with Crippen LogP contribution in [0.15, 0.2) is 78.9 Å². The van der Waals surface area contributed by atoms with Gasteiger partial charge < -0.3 is 19.1 Å². The van der Waals surface area contributed by atoms with Crippen LogP contribution in [0.4, 0.5) is 0 Å². The molecule has 0 spiro atoms. The van der Waals surface area contributed by atoms with Gasteiger partial charge in [-0.15, -0.1) is 0 Å². The molecule has 31 heavy (non-hydrogen) atoms. The summed E-state index contributed by atoms with van der Waals surface area (Å²) in [5, 5.41) is 0. The highest BCUT2D eigenvalue weighted by atomic mass is 16.5. The third kappa shape index (κ3) is 5.71. The third-order valence-corrected chi connectivity index (χ3v) is 5.31. The molecule has 0 N–H and O–H groups in total. The lowest BCUT2D eigenvalue weighted by Crippen LogP contribution is -2.43. The van der Waals surface area contributed by atoms with Gasteiger partial charge in [0.25, 0.3) is 0 Å². The van der Waals surface area contributed by atoms with Crippen molar-refractivity contribution in [2.75, 3.05) is 42.0 Å². The minimum atomic E-state index is 0.0603. The van der Waals surface area contributed by atoms with Crippen LogP contribution in [0.3, 0.4) is 0 Å². The summed E-state index contributed by atoms with van der Waals surface area (Å²) >= 11 is 0. The van der Waals surface area contributed by atoms with Gasteiger partial charge in [0.05, 0.1) is 21.3 Å². The molecule has 0 aromatic heterocycles. The monoisotopic (exact) mass is 415 g/mol. The Morgan fingerprint density at radius 1 is 0.677 bits per heavy atom. The van der Waals surface area contributed by atoms with E-state index in [-0.39, 0.29) is 6.71 Å². The third-order valence-electron chi connectivity index (χ3n) is 5.31. The van der Waals surface area contributed by atoms with Gasteiger partial charge in [-0.2, -0.15) is 0 Å². The molecule has 0 aliphatic rings. The van der Waals surface area contributed by atoms with Crippen molar-refractivity contribution in [3.05, 3.63) is 84.4 Å². The summed E-state index contributed by atoms with van der Waals surface area (Å²) in [6, 6.07) is 24.9. The standard InChI is InChI=1S/C26H30BNO3/c1-28(2)19-18-26(20-6-12-23(29-3)13-7-20)27(21-8-14-24(30-4)15-9-21)22-10-16-25(31-5)17-11-22/h6-18H,19H2,1-5H3. The molecular weight excluding hydrogens is 385 g/mol. The molecule has 3 aromatic rings. The molecule has 0 aliphatic carbocycles. The van der Waals surface area contributed by atoms with Crippen molar-refractivity contribution in [1.82, 2.24) is 4.90 Å². The average molecular weight is 415 g/mol. The van der Waals surface area contributed by atoms with Gasteiger partial charge in [0.2, 0.25) is 6.71 Å². The van der Waals surface area contributed by atoms with Crippen LogP contribution in [0, 0.1) is 0 Å². The number of hydrogen-bond donors (Lipinski definition) is 0. The van der Waals surface area contributed by atoms with Crippen molar-refractivity contribution in [2.45, 2.75) is 0 Å². The van der Waals surface area contributed by atoms with E-state index >= 15 is 0 Å². The largest absolute Gasteiger partial charge is 0.497 e. The number of rotatable bonds is 9. The summed E-state index contributed by atoms with van der Waals surface area (Å²) in [6.45, 7) is 0.898. The second-order valence-corrected chi connectivity index (χ2v) is 7.63. The van der Waals surface area contributed by atoms with Crippen LogP contribution < -0.4 is 25.1 Å². The van der Waals surface area contributed by atoms with Gasteiger partial charge in [0.1, 0.15) is 17.2 Å². The summed E-state index contributed by atoms with van der Waals surface area (Å²) in [5.41, 5.74) is 4.81. The highest BCUT2D eigenvalue weighted by Crippen LogP contribution is 2.23. The van der Waals surface area contributed by atoms with Crippen LogP contribution in [-0.2, 0) is 0 Å². The van der Waals surface area contributed by atoms with Crippen LogP contribution in [-0.4, -0.2) is 53.6 Å². The molecule has 0 unspecified atom stereocenters. The number of hydrogen-bond acceptors (Lipinski definition) is 4. The van der Waals surface area contributed by atoms with Crippen molar-refractivity contribution in [3.63, 3.8) is 0 Å². The Balaban J connectivity index is 2.15. The van der Waals surface area contributed by atoms with E-state index in [9.17, 15) is 0 Å². The smallest absolute Gasteiger partial charge is 0.241 e. The Morgan fingerprint density at radius 3 is 1.42 bits per heavy atom. The molecule has 5 heteroatoms. The minimum absolute atomic E-state index is 0.0603. The molecule has 0 aliphatic heterocycles. The van der Waals surface area contributed by atoms with E-state index in [0.29, 0.717) is 0 Å². The predicted octanol–water partition coefficient (Wildman–Crippen LogP) is 3.51. The van der Waals surface area contributed by atoms with E-state index in [0.717, 1.165) is 23.8 Å². The maximum Gasteiger partial charge on any atom is 0.241 e. The van der Waals surface area contributed by atoms with Gasteiger partial charge in [-0.05, 0) is 56.1 Å². The summed E-state index contributed by atoms with van der Waals surface area (Å²) in [7, 11) is 9.23. The number of methoxy groups -OCH3 is 3. The maximum atomic E-state index is 5.38. The zero-order valence-corrected chi connectivity index (χ0v) is 19.0. The fraction of sp³-hybridized carbons (Fsp3) is 0.231. The lowest BCUT2D eigenvalue weighted by molar-refractivity contribution is 0.414. The van der Waals surface area contributed by atoms with E-state index in [4.69, 9.17) is 14.2 Å². The minimum Gasteiger partial charge on any atom is -0.497 e. The van der Waals surface area contributed by atoms with Gasteiger partial charge >= 0.3 is 0 Å². The van der Waals surface area contributed by atoms with E-state index in [1.54, 1.807) is 21.3 Å². The SMILES string of the molecule is COc1ccc(B(C(=CCN(C)C)c2ccc(OC)cc2)c2ccc(OC)cc2)cc1. The van der Waals surface area contributed by atoms with Gasteiger partial charge in [0.15, 0.2) is 0 Å². The normalized spacial score (nSPS) is 11.4. The van der Waals surface area contributed by atoms with Crippen LogP contribution >= 0.6 is 0 Å². The number of benzene rings is 3. The molecule has 0 bridgehead atoms. The van der Waals surface area contributed by atoms with Crippen molar-refractivity contribution in [1.29, 1.82) is 0 Å². The molecule has 0 amide bonds. The molecule has 160 valence electrons. The summed E-state index contributed by atoms with van der Waals surface area (Å²) in [6.07, 6.45) is 2.31. The van der Waals surface area contributed by atoms with Crippen LogP contribution in [0.5, 0.6) is 17.2 Å². The Kier molecular flexibility index (Phi) is 7.79. The lowest BCUT2D eigenvalue weighted by Gasteiger charge is -2.21. The van der Waals surface area contributed by atoms with Crippen molar-refractivity contribution in [2.24, 2.45) is 0 Å². The Labute approximate surface area is 186 Å². The van der Waals surface area contributed by atoms with E-state index in [1.165, 1.54) is 22.0 Å². The van der Waals surface area contributed by atoms with Crippen LogP contribution in [0.25, 0.3) is 5.47 Å². The molecular formula is C26H30BNO3. The highest BCUT2D eigenvalue weighted by Gasteiger charge is 2.25. The van der Waals surface area contributed by atoms with Gasteiger partial charge in [-0.1, -0.05) is 58.9 Å². The van der Waals surface area contributed by atoms with E-state index in [2.05, 4.69) is 61.5 Å². The van der Waals surface area contributed by atoms with Gasteiger partial charge in [-0.3, -0.25) is 0 Å². The Morgan fingerprint density at radius 2 is 1.06 bits per heavy atom. The number of ether oxygens (including phenoxy) is 3. The highest BCUT2D eigenvalue weighted by molar-refractivity contribution is 6.99. The molecule has 0 radical (unpaired) electrons. The first-order valence-electron chi connectivity index (χ1n) is 10.3. The van der Waals surface area contributed by atoms with E-state index < -0.39 is 0 Å². The number of nitrogens with zero attached hydrogens (tertiary/aromatic N) is 1. The number of likely N-dealkylation sites (N-methyl/N-ethyl adjacent to an activating group) is 1. The zero-order valence-electron chi connectivity index (χ0n) is 19.0. The lowest BCUT2D eigenvalue weighted by atomic mass is 9.35. The zero-order chi connectivity index (χ0) is 22.2. The molecule has 0 atom stereocenters. The first kappa shape index (κ1) is 22.5. The average Bonchev–Trinajstić information content (AvgIpc) is 2.82. The topological polar surface area (TPSA) is 30.9 Å². The molecule has 0 heterocycles. The van der Waals surface area contributed by atoms with Crippen LogP contribution in [0.1, 0.15) is 5.56 Å². The van der Waals surface area contributed by atoms with Gasteiger partial charge in [0, 0.05) is 6.54 Å². The van der Waals surface area contributed by atoms with Crippen molar-refractivity contribution in [3.8, 4) is 17.2 Å². The molecule has 0 saturated carbocycles. The van der Waals surface area contributed by atoms with Gasteiger partial charge in [-0.25, -0.2) is 0 Å². The quantitative estimate of drug-likeness (QED) is 0.501.